The van der Waals surface area contributed by atoms with Gasteiger partial charge in [0.1, 0.15) is 23.1 Å². The van der Waals surface area contributed by atoms with Crippen LogP contribution in [0.15, 0.2) is 36.4 Å². The zero-order valence-corrected chi connectivity index (χ0v) is 10.9. The Morgan fingerprint density at radius 1 is 1.14 bits per heavy atom. The van der Waals surface area contributed by atoms with Crippen molar-refractivity contribution in [1.82, 2.24) is 4.98 Å². The molecular formula is C14H10F3N3O. The third-order valence-electron chi connectivity index (χ3n) is 2.63. The van der Waals surface area contributed by atoms with Crippen LogP contribution in [-0.2, 0) is 6.18 Å². The van der Waals surface area contributed by atoms with Gasteiger partial charge in [0, 0.05) is 12.7 Å². The first-order chi connectivity index (χ1) is 9.94. The van der Waals surface area contributed by atoms with Crippen LogP contribution in [0.2, 0.25) is 0 Å². The summed E-state index contributed by atoms with van der Waals surface area (Å²) in [6, 6.07) is 10.0. The number of hydrogen-bond donors (Lipinski definition) is 1. The second kappa shape index (κ2) is 5.71. The summed E-state index contributed by atoms with van der Waals surface area (Å²) in [7, 11) is 1.73. The summed E-state index contributed by atoms with van der Waals surface area (Å²) in [6.07, 6.45) is -4.60. The third-order valence-corrected chi connectivity index (χ3v) is 2.63. The predicted octanol–water partition coefficient (Wildman–Crippen LogP) is 3.81. The first kappa shape index (κ1) is 14.7. The van der Waals surface area contributed by atoms with E-state index in [2.05, 4.69) is 10.3 Å². The maximum Gasteiger partial charge on any atom is 0.433 e. The van der Waals surface area contributed by atoms with E-state index in [0.29, 0.717) is 0 Å². The highest BCUT2D eigenvalue weighted by molar-refractivity contribution is 5.47. The number of halogens is 3. The highest BCUT2D eigenvalue weighted by Gasteiger charge is 2.33. The Balaban J connectivity index is 2.35. The molecule has 0 saturated heterocycles. The molecule has 0 spiro atoms. The Kier molecular flexibility index (Phi) is 3.98. The van der Waals surface area contributed by atoms with Crippen LogP contribution < -0.4 is 10.1 Å². The Labute approximate surface area is 118 Å². The zero-order valence-electron chi connectivity index (χ0n) is 10.9. The summed E-state index contributed by atoms with van der Waals surface area (Å²) in [5, 5.41) is 11.8. The van der Waals surface area contributed by atoms with Crippen molar-refractivity contribution in [3.8, 4) is 17.7 Å². The number of nitrogens with zero attached hydrogens (tertiary/aromatic N) is 2. The molecule has 7 heteroatoms. The Hall–Kier alpha value is -2.75. The van der Waals surface area contributed by atoms with E-state index in [-0.39, 0.29) is 17.2 Å². The summed E-state index contributed by atoms with van der Waals surface area (Å²) in [5.74, 6) is -0.0816. The zero-order chi connectivity index (χ0) is 15.5. The molecule has 0 amide bonds. The quantitative estimate of drug-likeness (QED) is 0.935. The normalized spacial score (nSPS) is 10.8. The standard InChI is InChI=1S/C14H10F3N3O/c1-19-10-3-5-11(6-4-10)21-13-9(8-18)2-7-12(20-13)14(15,16)17/h2-7,19H,1H3. The topological polar surface area (TPSA) is 57.9 Å². The molecule has 0 aliphatic rings. The smallest absolute Gasteiger partial charge is 0.433 e. The third kappa shape index (κ3) is 3.42. The van der Waals surface area contributed by atoms with Gasteiger partial charge in [-0.2, -0.15) is 18.4 Å². The van der Waals surface area contributed by atoms with Gasteiger partial charge in [-0.3, -0.25) is 0 Å². The van der Waals surface area contributed by atoms with Crippen molar-refractivity contribution in [2.75, 3.05) is 12.4 Å². The number of aromatic nitrogens is 1. The van der Waals surface area contributed by atoms with Gasteiger partial charge in [0.15, 0.2) is 0 Å². The molecule has 4 nitrogen and oxygen atoms in total. The monoisotopic (exact) mass is 293 g/mol. The van der Waals surface area contributed by atoms with Gasteiger partial charge in [-0.05, 0) is 36.4 Å². The van der Waals surface area contributed by atoms with E-state index in [0.717, 1.165) is 17.8 Å². The lowest BCUT2D eigenvalue weighted by Crippen LogP contribution is -2.09. The van der Waals surface area contributed by atoms with E-state index in [1.807, 2.05) is 0 Å². The average molecular weight is 293 g/mol. The fourth-order valence-electron chi connectivity index (χ4n) is 1.56. The average Bonchev–Trinajstić information content (AvgIpc) is 2.47. The number of ether oxygens (including phenoxy) is 1. The Morgan fingerprint density at radius 3 is 2.33 bits per heavy atom. The maximum absolute atomic E-state index is 12.6. The van der Waals surface area contributed by atoms with E-state index in [4.69, 9.17) is 10.00 Å². The molecule has 1 heterocycles. The van der Waals surface area contributed by atoms with Gasteiger partial charge in [0.2, 0.25) is 5.88 Å². The molecule has 21 heavy (non-hydrogen) atoms. The number of hydrogen-bond acceptors (Lipinski definition) is 4. The van der Waals surface area contributed by atoms with E-state index in [1.54, 1.807) is 37.4 Å². The van der Waals surface area contributed by atoms with Crippen molar-refractivity contribution in [2.45, 2.75) is 6.18 Å². The van der Waals surface area contributed by atoms with E-state index in [9.17, 15) is 13.2 Å². The number of nitriles is 1. The molecule has 0 fully saturated rings. The Morgan fingerprint density at radius 2 is 1.81 bits per heavy atom. The maximum atomic E-state index is 12.6. The van der Waals surface area contributed by atoms with Gasteiger partial charge >= 0.3 is 6.18 Å². The molecule has 0 saturated carbocycles. The van der Waals surface area contributed by atoms with Crippen LogP contribution in [0.25, 0.3) is 0 Å². The van der Waals surface area contributed by atoms with Gasteiger partial charge < -0.3 is 10.1 Å². The lowest BCUT2D eigenvalue weighted by molar-refractivity contribution is -0.141. The number of anilines is 1. The van der Waals surface area contributed by atoms with Gasteiger partial charge in [-0.1, -0.05) is 0 Å². The minimum atomic E-state index is -4.60. The molecule has 0 atom stereocenters. The minimum Gasteiger partial charge on any atom is -0.438 e. The van der Waals surface area contributed by atoms with Crippen LogP contribution in [-0.4, -0.2) is 12.0 Å². The summed E-state index contributed by atoms with van der Waals surface area (Å²) < 4.78 is 43.2. The lowest BCUT2D eigenvalue weighted by atomic mass is 10.2. The molecule has 2 aromatic rings. The van der Waals surface area contributed by atoms with Gasteiger partial charge in [0.25, 0.3) is 0 Å². The second-order valence-electron chi connectivity index (χ2n) is 4.04. The van der Waals surface area contributed by atoms with Gasteiger partial charge in [-0.15, -0.1) is 0 Å². The number of pyridine rings is 1. The Bertz CT molecular complexity index is 675. The largest absolute Gasteiger partial charge is 0.438 e. The van der Waals surface area contributed by atoms with Crippen molar-refractivity contribution < 1.29 is 17.9 Å². The summed E-state index contributed by atoms with van der Waals surface area (Å²) in [6.45, 7) is 0. The minimum absolute atomic E-state index is 0.0688. The molecule has 1 aromatic carbocycles. The molecule has 2 rings (SSSR count). The van der Waals surface area contributed by atoms with E-state index in [1.165, 1.54) is 0 Å². The van der Waals surface area contributed by atoms with Crippen LogP contribution in [0, 0.1) is 11.3 Å². The molecule has 0 aliphatic heterocycles. The van der Waals surface area contributed by atoms with Gasteiger partial charge in [-0.25, -0.2) is 4.98 Å². The number of rotatable bonds is 3. The first-order valence-electron chi connectivity index (χ1n) is 5.88. The van der Waals surface area contributed by atoms with Gasteiger partial charge in [0.05, 0.1) is 0 Å². The SMILES string of the molecule is CNc1ccc(Oc2nc(C(F)(F)F)ccc2C#N)cc1. The van der Waals surface area contributed by atoms with Crippen LogP contribution in [0.3, 0.4) is 0 Å². The first-order valence-corrected chi connectivity index (χ1v) is 5.88. The fraction of sp³-hybridized carbons (Fsp3) is 0.143. The molecule has 0 unspecified atom stereocenters. The molecule has 0 bridgehead atoms. The summed E-state index contributed by atoms with van der Waals surface area (Å²) >= 11 is 0. The molecule has 0 aliphatic carbocycles. The lowest BCUT2D eigenvalue weighted by Gasteiger charge is -2.10. The van der Waals surface area contributed by atoms with Crippen molar-refractivity contribution in [2.24, 2.45) is 0 Å². The highest BCUT2D eigenvalue weighted by atomic mass is 19.4. The van der Waals surface area contributed by atoms with E-state index >= 15 is 0 Å². The highest BCUT2D eigenvalue weighted by Crippen LogP contribution is 2.31. The summed E-state index contributed by atoms with van der Waals surface area (Å²) in [4.78, 5) is 3.37. The van der Waals surface area contributed by atoms with Crippen LogP contribution >= 0.6 is 0 Å². The number of alkyl halides is 3. The van der Waals surface area contributed by atoms with Crippen molar-refractivity contribution in [3.05, 3.63) is 47.7 Å². The van der Waals surface area contributed by atoms with Crippen LogP contribution in [0.4, 0.5) is 18.9 Å². The second-order valence-corrected chi connectivity index (χ2v) is 4.04. The molecule has 0 radical (unpaired) electrons. The molecular weight excluding hydrogens is 283 g/mol. The molecule has 1 aromatic heterocycles. The number of nitrogens with one attached hydrogen (secondary N) is 1. The van der Waals surface area contributed by atoms with Crippen molar-refractivity contribution >= 4 is 5.69 Å². The van der Waals surface area contributed by atoms with Crippen LogP contribution in [0.5, 0.6) is 11.6 Å². The van der Waals surface area contributed by atoms with Crippen molar-refractivity contribution in [3.63, 3.8) is 0 Å². The predicted molar refractivity (Wildman–Crippen MR) is 70.0 cm³/mol. The van der Waals surface area contributed by atoms with E-state index < -0.39 is 11.9 Å². The summed E-state index contributed by atoms with van der Waals surface area (Å²) in [5.41, 5.74) is -0.358. The van der Waals surface area contributed by atoms with Crippen molar-refractivity contribution in [1.29, 1.82) is 5.26 Å². The number of benzene rings is 1. The van der Waals surface area contributed by atoms with Crippen LogP contribution in [0.1, 0.15) is 11.3 Å². The molecule has 1 N–H and O–H groups in total. The molecule has 108 valence electrons. The fourth-order valence-corrected chi connectivity index (χ4v) is 1.56.